The number of aliphatic hydroxyl groups excluding tert-OH is 1. The Morgan fingerprint density at radius 2 is 1.96 bits per heavy atom. The Labute approximate surface area is 137 Å². The van der Waals surface area contributed by atoms with Crippen LogP contribution in [-0.4, -0.2) is 37.1 Å². The summed E-state index contributed by atoms with van der Waals surface area (Å²) in [6.45, 7) is -0.226. The number of esters is 1. The van der Waals surface area contributed by atoms with E-state index in [1.807, 2.05) is 0 Å². The second kappa shape index (κ2) is 7.36. The van der Waals surface area contributed by atoms with E-state index in [4.69, 9.17) is 4.74 Å². The van der Waals surface area contributed by atoms with Gasteiger partial charge < -0.3 is 14.6 Å². The first-order valence-corrected chi connectivity index (χ1v) is 7.52. The minimum Gasteiger partial charge on any atom is -0.463 e. The first-order chi connectivity index (χ1) is 11.3. The zero-order chi connectivity index (χ0) is 17.8. The van der Waals surface area contributed by atoms with Gasteiger partial charge in [0.25, 0.3) is 5.60 Å². The maximum atomic E-state index is 13.6. The molecule has 24 heavy (non-hydrogen) atoms. The van der Waals surface area contributed by atoms with Crippen molar-refractivity contribution in [3.63, 3.8) is 0 Å². The van der Waals surface area contributed by atoms with Gasteiger partial charge >= 0.3 is 12.1 Å². The summed E-state index contributed by atoms with van der Waals surface area (Å²) < 4.78 is 50.4. The number of allylic oxidation sites excluding steroid dienone is 1. The molecule has 1 aliphatic rings. The Hall–Kier alpha value is -1.86. The number of alkyl halides is 3. The molecule has 1 N–H and O–H groups in total. The number of hydrogen-bond donors (Lipinski definition) is 1. The Balaban J connectivity index is 2.13. The maximum Gasteiger partial charge on any atom is 0.432 e. The number of aliphatic hydroxyl groups is 1. The number of methoxy groups -OCH3 is 1. The zero-order valence-electron chi connectivity index (χ0n) is 13.1. The predicted octanol–water partition coefficient (Wildman–Crippen LogP) is 2.96. The molecule has 0 saturated heterocycles. The topological polar surface area (TPSA) is 55.8 Å². The van der Waals surface area contributed by atoms with Gasteiger partial charge in [0.05, 0.1) is 12.7 Å². The van der Waals surface area contributed by atoms with Crippen LogP contribution in [-0.2, 0) is 19.9 Å². The minimum atomic E-state index is -4.98. The third kappa shape index (κ3) is 3.47. The molecule has 1 aliphatic carbocycles. The monoisotopic (exact) mass is 344 g/mol. The van der Waals surface area contributed by atoms with Gasteiger partial charge in [-0.2, -0.15) is 13.2 Å². The average molecular weight is 344 g/mol. The highest BCUT2D eigenvalue weighted by Crippen LogP contribution is 2.43. The van der Waals surface area contributed by atoms with Crippen molar-refractivity contribution in [1.29, 1.82) is 0 Å². The van der Waals surface area contributed by atoms with Gasteiger partial charge in [0.1, 0.15) is 0 Å². The molecule has 0 fully saturated rings. The van der Waals surface area contributed by atoms with Gasteiger partial charge in [0.2, 0.25) is 0 Å². The maximum absolute atomic E-state index is 13.6. The molecule has 0 unspecified atom stereocenters. The van der Waals surface area contributed by atoms with Crippen LogP contribution in [0.15, 0.2) is 42.5 Å². The fraction of sp³-hybridized carbons (Fsp3) is 0.471. The number of ether oxygens (including phenoxy) is 2. The lowest BCUT2D eigenvalue weighted by molar-refractivity contribution is -0.276. The van der Waals surface area contributed by atoms with E-state index in [2.05, 4.69) is 4.74 Å². The Kier molecular flexibility index (Phi) is 5.66. The summed E-state index contributed by atoms with van der Waals surface area (Å²) in [6.07, 6.45) is -1.36. The van der Waals surface area contributed by atoms with Crippen molar-refractivity contribution in [3.05, 3.63) is 48.0 Å². The first-order valence-electron chi connectivity index (χ1n) is 7.52. The van der Waals surface area contributed by atoms with Crippen LogP contribution in [0.25, 0.3) is 0 Å². The molecule has 4 nitrogen and oxygen atoms in total. The lowest BCUT2D eigenvalue weighted by Gasteiger charge is -2.32. The van der Waals surface area contributed by atoms with Gasteiger partial charge in [-0.15, -0.1) is 0 Å². The molecule has 0 saturated carbocycles. The molecule has 0 aromatic heterocycles. The molecule has 1 aromatic rings. The van der Waals surface area contributed by atoms with Gasteiger partial charge in [0.15, 0.2) is 0 Å². The number of halogens is 3. The van der Waals surface area contributed by atoms with Crippen LogP contribution in [0.3, 0.4) is 0 Å². The summed E-state index contributed by atoms with van der Waals surface area (Å²) in [7, 11) is 0.826. The van der Waals surface area contributed by atoms with E-state index >= 15 is 0 Å². The van der Waals surface area contributed by atoms with Gasteiger partial charge in [-0.3, -0.25) is 0 Å². The van der Waals surface area contributed by atoms with E-state index in [9.17, 15) is 23.1 Å². The average Bonchev–Trinajstić information content (AvgIpc) is 2.93. The van der Waals surface area contributed by atoms with Crippen molar-refractivity contribution in [2.75, 3.05) is 13.7 Å². The third-order valence-electron chi connectivity index (χ3n) is 4.15. The normalized spacial score (nSPS) is 23.0. The van der Waals surface area contributed by atoms with Crippen LogP contribution in [0.1, 0.15) is 18.4 Å². The highest BCUT2D eigenvalue weighted by molar-refractivity contribution is 5.82. The Morgan fingerprint density at radius 3 is 2.46 bits per heavy atom. The van der Waals surface area contributed by atoms with Crippen LogP contribution in [0, 0.1) is 5.92 Å². The predicted molar refractivity (Wildman–Crippen MR) is 80.0 cm³/mol. The summed E-state index contributed by atoms with van der Waals surface area (Å²) in [4.78, 5) is 12.3. The highest BCUT2D eigenvalue weighted by Gasteiger charge is 2.64. The molecule has 2 rings (SSSR count). The second-order valence-corrected chi connectivity index (χ2v) is 5.59. The molecule has 132 valence electrons. The van der Waals surface area contributed by atoms with E-state index in [1.54, 1.807) is 18.2 Å². The van der Waals surface area contributed by atoms with Gasteiger partial charge in [-0.05, 0) is 18.8 Å². The molecule has 0 spiro atoms. The zero-order valence-corrected chi connectivity index (χ0v) is 13.1. The summed E-state index contributed by atoms with van der Waals surface area (Å²) in [5.74, 6) is -1.67. The standard InChI is InChI=1S/C17H19F3O4/c1-23-16(17(18,19)20,13-7-3-2-4-8-13)15(22)24-11-10-12-6-5-9-14(12)21/h2-5,7-9,12,14,21H,6,10-11H2,1H3/t12-,14-,16+/m0/s1. The van der Waals surface area contributed by atoms with Crippen molar-refractivity contribution in [2.45, 2.75) is 30.7 Å². The summed E-state index contributed by atoms with van der Waals surface area (Å²) >= 11 is 0. The fourth-order valence-corrected chi connectivity index (χ4v) is 2.77. The van der Waals surface area contributed by atoms with Gasteiger partial charge in [-0.25, -0.2) is 4.79 Å². The van der Waals surface area contributed by atoms with Crippen molar-refractivity contribution in [1.82, 2.24) is 0 Å². The smallest absolute Gasteiger partial charge is 0.432 e. The van der Waals surface area contributed by atoms with Crippen LogP contribution in [0.5, 0.6) is 0 Å². The lowest BCUT2D eigenvalue weighted by Crippen LogP contribution is -2.51. The third-order valence-corrected chi connectivity index (χ3v) is 4.15. The van der Waals surface area contributed by atoms with Crippen molar-refractivity contribution < 1.29 is 32.5 Å². The van der Waals surface area contributed by atoms with Crippen LogP contribution in [0.2, 0.25) is 0 Å². The van der Waals surface area contributed by atoms with E-state index in [1.165, 1.54) is 24.3 Å². The van der Waals surface area contributed by atoms with E-state index < -0.39 is 23.9 Å². The number of rotatable bonds is 6. The quantitative estimate of drug-likeness (QED) is 0.637. The van der Waals surface area contributed by atoms with Crippen molar-refractivity contribution in [2.24, 2.45) is 5.92 Å². The molecule has 0 radical (unpaired) electrons. The molecular formula is C17H19F3O4. The number of carbonyl (C=O) groups excluding carboxylic acids is 1. The van der Waals surface area contributed by atoms with E-state index in [-0.39, 0.29) is 24.5 Å². The number of hydrogen-bond acceptors (Lipinski definition) is 4. The molecular weight excluding hydrogens is 325 g/mol. The second-order valence-electron chi connectivity index (χ2n) is 5.59. The van der Waals surface area contributed by atoms with Gasteiger partial charge in [-0.1, -0.05) is 42.5 Å². The number of carbonyl (C=O) groups is 1. The Bertz CT molecular complexity index is 585. The molecule has 0 aliphatic heterocycles. The van der Waals surface area contributed by atoms with E-state index in [0.717, 1.165) is 7.11 Å². The van der Waals surface area contributed by atoms with Crippen molar-refractivity contribution in [3.8, 4) is 0 Å². The van der Waals surface area contributed by atoms with E-state index in [0.29, 0.717) is 6.42 Å². The number of benzene rings is 1. The van der Waals surface area contributed by atoms with Gasteiger partial charge in [0, 0.05) is 12.7 Å². The Morgan fingerprint density at radius 1 is 1.29 bits per heavy atom. The SMILES string of the molecule is CO[C@@](C(=O)OCC[C@@H]1CC=C[C@@H]1O)(c1ccccc1)C(F)(F)F. The molecule has 0 heterocycles. The summed E-state index contributed by atoms with van der Waals surface area (Å²) in [5, 5.41) is 9.64. The summed E-state index contributed by atoms with van der Waals surface area (Å²) in [5.41, 5.74) is -3.51. The molecule has 0 amide bonds. The lowest BCUT2D eigenvalue weighted by atomic mass is 9.92. The minimum absolute atomic E-state index is 0.155. The highest BCUT2D eigenvalue weighted by atomic mass is 19.4. The molecule has 3 atom stereocenters. The summed E-state index contributed by atoms with van der Waals surface area (Å²) in [6, 6.07) is 6.66. The van der Waals surface area contributed by atoms with Crippen molar-refractivity contribution >= 4 is 5.97 Å². The van der Waals surface area contributed by atoms with Crippen LogP contribution < -0.4 is 0 Å². The fourth-order valence-electron chi connectivity index (χ4n) is 2.77. The molecule has 1 aromatic carbocycles. The van der Waals surface area contributed by atoms with Crippen LogP contribution >= 0.6 is 0 Å². The first kappa shape index (κ1) is 18.5. The molecule has 0 bridgehead atoms. The largest absolute Gasteiger partial charge is 0.463 e. The van der Waals surface area contributed by atoms with Crippen LogP contribution in [0.4, 0.5) is 13.2 Å². The molecule has 7 heteroatoms.